The average Bonchev–Trinajstić information content (AvgIpc) is 3.22. The fraction of sp³-hybridized carbons (Fsp3) is 0.550. The van der Waals surface area contributed by atoms with Gasteiger partial charge in [0.25, 0.3) is 0 Å². The molecule has 8 nitrogen and oxygen atoms in total. The lowest BCUT2D eigenvalue weighted by molar-refractivity contribution is -0.127. The molecule has 1 aromatic carbocycles. The lowest BCUT2D eigenvalue weighted by Gasteiger charge is -2.27. The topological polar surface area (TPSA) is 112 Å². The van der Waals surface area contributed by atoms with Gasteiger partial charge in [-0.05, 0) is 31.2 Å². The van der Waals surface area contributed by atoms with E-state index in [0.29, 0.717) is 31.5 Å². The van der Waals surface area contributed by atoms with E-state index in [1.165, 1.54) is 0 Å². The molecule has 1 saturated carbocycles. The first kappa shape index (κ1) is 20.4. The van der Waals surface area contributed by atoms with Crippen LogP contribution in [0.1, 0.15) is 43.1 Å². The van der Waals surface area contributed by atoms with Crippen LogP contribution >= 0.6 is 0 Å². The molecule has 28 heavy (non-hydrogen) atoms. The molecule has 0 unspecified atom stereocenters. The summed E-state index contributed by atoms with van der Waals surface area (Å²) in [5.74, 6) is 1.42. The number of hydrogen-bond donors (Lipinski definition) is 2. The molecule has 152 valence electrons. The van der Waals surface area contributed by atoms with Crippen molar-refractivity contribution in [2.75, 3.05) is 26.9 Å². The second kappa shape index (κ2) is 10.3. The minimum Gasteiger partial charge on any atom is -0.382 e. The van der Waals surface area contributed by atoms with Gasteiger partial charge in [0, 0.05) is 31.2 Å². The van der Waals surface area contributed by atoms with Gasteiger partial charge in [0.15, 0.2) is 0 Å². The Morgan fingerprint density at radius 3 is 2.64 bits per heavy atom. The van der Waals surface area contributed by atoms with Crippen molar-refractivity contribution >= 4 is 5.91 Å². The lowest BCUT2D eigenvalue weighted by Crippen LogP contribution is -2.39. The van der Waals surface area contributed by atoms with Gasteiger partial charge < -0.3 is 25.0 Å². The molecule has 0 saturated heterocycles. The molecule has 1 aromatic heterocycles. The first-order valence-electron chi connectivity index (χ1n) is 9.68. The monoisotopic (exact) mass is 388 g/mol. The van der Waals surface area contributed by atoms with E-state index >= 15 is 0 Å². The smallest absolute Gasteiger partial charge is 0.246 e. The predicted molar refractivity (Wildman–Crippen MR) is 103 cm³/mol. The maximum atomic E-state index is 11.9. The summed E-state index contributed by atoms with van der Waals surface area (Å²) in [6.45, 7) is 1.49. The summed E-state index contributed by atoms with van der Waals surface area (Å²) >= 11 is 0. The zero-order valence-corrected chi connectivity index (χ0v) is 16.2. The van der Waals surface area contributed by atoms with Crippen molar-refractivity contribution in [3.05, 3.63) is 35.7 Å². The number of carbonyl (C=O) groups excluding carboxylic acids is 1. The summed E-state index contributed by atoms with van der Waals surface area (Å²) in [5.41, 5.74) is 7.61. The van der Waals surface area contributed by atoms with E-state index in [9.17, 15) is 4.79 Å². The number of carbonyl (C=O) groups is 1. The largest absolute Gasteiger partial charge is 0.382 e. The summed E-state index contributed by atoms with van der Waals surface area (Å²) in [7, 11) is 1.60. The van der Waals surface area contributed by atoms with E-state index in [1.54, 1.807) is 7.11 Å². The van der Waals surface area contributed by atoms with Crippen LogP contribution < -0.4 is 11.1 Å². The molecule has 1 fully saturated rings. The zero-order chi connectivity index (χ0) is 19.8. The van der Waals surface area contributed by atoms with Gasteiger partial charge in [-0.3, -0.25) is 4.79 Å². The van der Waals surface area contributed by atoms with E-state index < -0.39 is 0 Å². The molecule has 8 heteroatoms. The molecule has 0 aliphatic heterocycles. The molecule has 1 heterocycles. The second-order valence-corrected chi connectivity index (χ2v) is 7.02. The van der Waals surface area contributed by atoms with Crippen LogP contribution in [-0.4, -0.2) is 49.0 Å². The van der Waals surface area contributed by atoms with Crippen molar-refractivity contribution in [1.82, 2.24) is 15.5 Å². The molecule has 3 N–H and O–H groups in total. The zero-order valence-electron chi connectivity index (χ0n) is 16.2. The number of amides is 1. The van der Waals surface area contributed by atoms with E-state index in [2.05, 4.69) is 15.5 Å². The normalized spacial score (nSPS) is 19.5. The van der Waals surface area contributed by atoms with Gasteiger partial charge in [-0.15, -0.1) is 0 Å². The SMILES string of the molecule is COCCOCC(=O)NC1CCC(c2nc(-c3ccc(CN)cc3)no2)CC1. The highest BCUT2D eigenvalue weighted by Crippen LogP contribution is 2.33. The van der Waals surface area contributed by atoms with Crippen molar-refractivity contribution in [3.8, 4) is 11.4 Å². The Labute approximate surface area is 164 Å². The first-order chi connectivity index (χ1) is 13.7. The molecular formula is C20H28N4O4. The number of rotatable bonds is 9. The maximum absolute atomic E-state index is 11.9. The average molecular weight is 388 g/mol. The number of methoxy groups -OCH3 is 1. The Kier molecular flexibility index (Phi) is 7.53. The Morgan fingerprint density at radius 1 is 1.21 bits per heavy atom. The number of ether oxygens (including phenoxy) is 2. The standard InChI is InChI=1S/C20H28N4O4/c1-26-10-11-27-13-18(25)22-17-8-6-16(7-9-17)20-23-19(24-28-20)15-4-2-14(12-21)3-5-15/h2-5,16-17H,6-13,21H2,1H3,(H,22,25). The van der Waals surface area contributed by atoms with E-state index in [4.69, 9.17) is 19.7 Å². The minimum atomic E-state index is -0.0828. The summed E-state index contributed by atoms with van der Waals surface area (Å²) in [6.07, 6.45) is 3.58. The number of nitrogens with one attached hydrogen (secondary N) is 1. The molecule has 0 atom stereocenters. The Hall–Kier alpha value is -2.29. The molecule has 0 bridgehead atoms. The molecule has 2 aromatic rings. The van der Waals surface area contributed by atoms with Crippen LogP contribution in [0.5, 0.6) is 0 Å². The Balaban J connectivity index is 1.46. The van der Waals surface area contributed by atoms with Crippen LogP contribution in [0, 0.1) is 0 Å². The van der Waals surface area contributed by atoms with Gasteiger partial charge in [0.05, 0.1) is 13.2 Å². The molecule has 0 radical (unpaired) electrons. The van der Waals surface area contributed by atoms with E-state index in [0.717, 1.165) is 36.8 Å². The molecule has 1 aliphatic rings. The fourth-order valence-corrected chi connectivity index (χ4v) is 3.37. The summed E-state index contributed by atoms with van der Waals surface area (Å²) in [4.78, 5) is 16.5. The number of nitrogens with two attached hydrogens (primary N) is 1. The number of aromatic nitrogens is 2. The molecular weight excluding hydrogens is 360 g/mol. The predicted octanol–water partition coefficient (Wildman–Crippen LogP) is 2.00. The highest BCUT2D eigenvalue weighted by Gasteiger charge is 2.27. The van der Waals surface area contributed by atoms with Gasteiger partial charge in [-0.25, -0.2) is 0 Å². The summed E-state index contributed by atoms with van der Waals surface area (Å²) in [5, 5.41) is 7.15. The van der Waals surface area contributed by atoms with E-state index in [-0.39, 0.29) is 24.5 Å². The second-order valence-electron chi connectivity index (χ2n) is 7.02. The first-order valence-corrected chi connectivity index (χ1v) is 9.68. The van der Waals surface area contributed by atoms with Gasteiger partial charge in [0.2, 0.25) is 17.6 Å². The van der Waals surface area contributed by atoms with Crippen LogP contribution in [0.2, 0.25) is 0 Å². The van der Waals surface area contributed by atoms with Crippen LogP contribution in [0.3, 0.4) is 0 Å². The van der Waals surface area contributed by atoms with Crippen molar-refractivity contribution in [2.24, 2.45) is 5.73 Å². The van der Waals surface area contributed by atoms with Crippen molar-refractivity contribution in [3.63, 3.8) is 0 Å². The third-order valence-electron chi connectivity index (χ3n) is 5.00. The van der Waals surface area contributed by atoms with Crippen molar-refractivity contribution in [1.29, 1.82) is 0 Å². The molecule has 1 amide bonds. The molecule has 3 rings (SSSR count). The number of nitrogens with zero attached hydrogens (tertiary/aromatic N) is 2. The quantitative estimate of drug-likeness (QED) is 0.632. The highest BCUT2D eigenvalue weighted by atomic mass is 16.5. The summed E-state index contributed by atoms with van der Waals surface area (Å²) < 4.78 is 15.6. The van der Waals surface area contributed by atoms with Crippen LogP contribution in [-0.2, 0) is 20.8 Å². The van der Waals surface area contributed by atoms with Gasteiger partial charge in [-0.1, -0.05) is 29.4 Å². The fourth-order valence-electron chi connectivity index (χ4n) is 3.37. The van der Waals surface area contributed by atoms with Crippen LogP contribution in [0.4, 0.5) is 0 Å². The maximum Gasteiger partial charge on any atom is 0.246 e. The third kappa shape index (κ3) is 5.60. The van der Waals surface area contributed by atoms with Crippen LogP contribution in [0.15, 0.2) is 28.8 Å². The third-order valence-corrected chi connectivity index (χ3v) is 5.00. The Morgan fingerprint density at radius 2 is 1.96 bits per heavy atom. The number of benzene rings is 1. The van der Waals surface area contributed by atoms with Crippen molar-refractivity contribution < 1.29 is 18.8 Å². The van der Waals surface area contributed by atoms with Gasteiger partial charge in [0.1, 0.15) is 6.61 Å². The number of hydrogen-bond acceptors (Lipinski definition) is 7. The summed E-state index contributed by atoms with van der Waals surface area (Å²) in [6, 6.07) is 8.02. The van der Waals surface area contributed by atoms with Gasteiger partial charge in [-0.2, -0.15) is 4.98 Å². The highest BCUT2D eigenvalue weighted by molar-refractivity contribution is 5.77. The minimum absolute atomic E-state index is 0.0687. The Bertz CT molecular complexity index is 739. The van der Waals surface area contributed by atoms with E-state index in [1.807, 2.05) is 24.3 Å². The molecule has 1 aliphatic carbocycles. The van der Waals surface area contributed by atoms with Crippen molar-refractivity contribution in [2.45, 2.75) is 44.2 Å². The molecule has 0 spiro atoms. The van der Waals surface area contributed by atoms with Gasteiger partial charge >= 0.3 is 0 Å². The van der Waals surface area contributed by atoms with Crippen LogP contribution in [0.25, 0.3) is 11.4 Å². The lowest BCUT2D eigenvalue weighted by atomic mass is 9.86.